The van der Waals surface area contributed by atoms with Gasteiger partial charge in [0.2, 0.25) is 11.8 Å². The smallest absolute Gasteiger partial charge is 0.222 e. The standard InChI is InChI=1S/C22H40N2O5/c1-7-29-14-19-11-20(28-6)13-24(19)22(27)9-8-15(2)12-23-21(26)10-16(3)17(4)18(5)25/h15-17,19-20H,7-14H2,1-6H3,(H,23,26)/t15?,16?,17?,19-,20+/m0/s1. The third-order valence-electron chi connectivity index (χ3n) is 6.04. The van der Waals surface area contributed by atoms with Crippen molar-refractivity contribution in [3.8, 4) is 0 Å². The number of nitrogens with zero attached hydrogens (tertiary/aromatic N) is 1. The van der Waals surface area contributed by atoms with Gasteiger partial charge in [0.1, 0.15) is 5.78 Å². The highest BCUT2D eigenvalue weighted by Gasteiger charge is 2.35. The molecule has 0 aromatic heterocycles. The molecule has 0 aromatic rings. The van der Waals surface area contributed by atoms with Gasteiger partial charge in [-0.3, -0.25) is 14.4 Å². The Kier molecular flexibility index (Phi) is 11.4. The summed E-state index contributed by atoms with van der Waals surface area (Å²) in [5.41, 5.74) is 0. The van der Waals surface area contributed by atoms with Gasteiger partial charge in [0, 0.05) is 45.6 Å². The summed E-state index contributed by atoms with van der Waals surface area (Å²) < 4.78 is 11.0. The number of amides is 2. The van der Waals surface area contributed by atoms with Crippen LogP contribution in [0.15, 0.2) is 0 Å². The molecule has 1 heterocycles. The van der Waals surface area contributed by atoms with Crippen molar-refractivity contribution >= 4 is 17.6 Å². The maximum atomic E-state index is 12.7. The zero-order valence-corrected chi connectivity index (χ0v) is 19.0. The SMILES string of the molecule is CCOC[C@@H]1C[C@@H](OC)CN1C(=O)CCC(C)CNC(=O)CC(C)C(C)C(C)=O. The summed E-state index contributed by atoms with van der Waals surface area (Å²) in [7, 11) is 1.68. The Bertz CT molecular complexity index is 539. The molecular formula is C22H40N2O5. The molecular weight excluding hydrogens is 372 g/mol. The number of hydrogen-bond donors (Lipinski definition) is 1. The number of likely N-dealkylation sites (tertiary alicyclic amines) is 1. The van der Waals surface area contributed by atoms with Crippen LogP contribution in [0.1, 0.15) is 60.3 Å². The lowest BCUT2D eigenvalue weighted by atomic mass is 9.89. The van der Waals surface area contributed by atoms with E-state index in [4.69, 9.17) is 9.47 Å². The van der Waals surface area contributed by atoms with Crippen LogP contribution in [0, 0.1) is 17.8 Å². The third kappa shape index (κ3) is 8.83. The van der Waals surface area contributed by atoms with E-state index in [-0.39, 0.29) is 47.5 Å². The number of rotatable bonds is 13. The zero-order chi connectivity index (χ0) is 22.0. The molecule has 5 atom stereocenters. The van der Waals surface area contributed by atoms with E-state index in [9.17, 15) is 14.4 Å². The van der Waals surface area contributed by atoms with E-state index in [1.807, 2.05) is 32.6 Å². The Morgan fingerprint density at radius 2 is 1.90 bits per heavy atom. The molecule has 1 N–H and O–H groups in total. The van der Waals surface area contributed by atoms with Crippen LogP contribution in [0.4, 0.5) is 0 Å². The quantitative estimate of drug-likeness (QED) is 0.502. The van der Waals surface area contributed by atoms with E-state index in [1.165, 1.54) is 0 Å². The minimum Gasteiger partial charge on any atom is -0.380 e. The molecule has 1 aliphatic heterocycles. The van der Waals surface area contributed by atoms with Crippen molar-refractivity contribution < 1.29 is 23.9 Å². The Labute approximate surface area is 175 Å². The first kappa shape index (κ1) is 25.6. The normalized spacial score (nSPS) is 22.2. The van der Waals surface area contributed by atoms with Crippen LogP contribution in [0.3, 0.4) is 0 Å². The first-order chi connectivity index (χ1) is 13.7. The number of ether oxygens (including phenoxy) is 2. The average molecular weight is 413 g/mol. The van der Waals surface area contributed by atoms with Crippen molar-refractivity contribution in [2.75, 3.05) is 33.4 Å². The van der Waals surface area contributed by atoms with Crippen LogP contribution in [-0.4, -0.2) is 68.1 Å². The van der Waals surface area contributed by atoms with Crippen molar-refractivity contribution in [3.05, 3.63) is 0 Å². The van der Waals surface area contributed by atoms with Gasteiger partial charge in [0.25, 0.3) is 0 Å². The summed E-state index contributed by atoms with van der Waals surface area (Å²) in [4.78, 5) is 38.1. The van der Waals surface area contributed by atoms with Gasteiger partial charge in [-0.2, -0.15) is 0 Å². The molecule has 0 aromatic carbocycles. The van der Waals surface area contributed by atoms with E-state index in [0.717, 1.165) is 6.42 Å². The molecule has 7 heteroatoms. The van der Waals surface area contributed by atoms with E-state index < -0.39 is 0 Å². The van der Waals surface area contributed by atoms with E-state index in [0.29, 0.717) is 45.6 Å². The second kappa shape index (κ2) is 13.0. The van der Waals surface area contributed by atoms with Gasteiger partial charge >= 0.3 is 0 Å². The monoisotopic (exact) mass is 412 g/mol. The van der Waals surface area contributed by atoms with Crippen LogP contribution >= 0.6 is 0 Å². The van der Waals surface area contributed by atoms with Crippen LogP contribution in [0.25, 0.3) is 0 Å². The molecule has 1 fully saturated rings. The maximum Gasteiger partial charge on any atom is 0.222 e. The van der Waals surface area contributed by atoms with Crippen LogP contribution in [-0.2, 0) is 23.9 Å². The molecule has 1 saturated heterocycles. The molecule has 0 radical (unpaired) electrons. The molecule has 0 bridgehead atoms. The molecule has 0 saturated carbocycles. The van der Waals surface area contributed by atoms with Gasteiger partial charge in [0.15, 0.2) is 0 Å². The number of methoxy groups -OCH3 is 1. The Hall–Kier alpha value is -1.47. The molecule has 1 aliphatic rings. The third-order valence-corrected chi connectivity index (χ3v) is 6.04. The Balaban J connectivity index is 2.37. The predicted molar refractivity (Wildman–Crippen MR) is 112 cm³/mol. The summed E-state index contributed by atoms with van der Waals surface area (Å²) in [5, 5.41) is 2.94. The van der Waals surface area contributed by atoms with Gasteiger partial charge in [0.05, 0.1) is 18.8 Å². The fourth-order valence-electron chi connectivity index (χ4n) is 3.61. The highest BCUT2D eigenvalue weighted by Crippen LogP contribution is 2.22. The second-order valence-electron chi connectivity index (χ2n) is 8.48. The maximum absolute atomic E-state index is 12.7. The lowest BCUT2D eigenvalue weighted by Gasteiger charge is -2.25. The van der Waals surface area contributed by atoms with Crippen molar-refractivity contribution in [2.24, 2.45) is 17.8 Å². The van der Waals surface area contributed by atoms with Crippen LogP contribution < -0.4 is 5.32 Å². The molecule has 29 heavy (non-hydrogen) atoms. The highest BCUT2D eigenvalue weighted by molar-refractivity contribution is 5.80. The molecule has 1 rings (SSSR count). The van der Waals surface area contributed by atoms with Gasteiger partial charge in [-0.15, -0.1) is 0 Å². The molecule has 2 amide bonds. The fourth-order valence-corrected chi connectivity index (χ4v) is 3.61. The molecule has 168 valence electrons. The first-order valence-corrected chi connectivity index (χ1v) is 10.9. The number of carbonyl (C=O) groups is 3. The summed E-state index contributed by atoms with van der Waals surface area (Å²) >= 11 is 0. The highest BCUT2D eigenvalue weighted by atomic mass is 16.5. The number of ketones is 1. The van der Waals surface area contributed by atoms with E-state index in [1.54, 1.807) is 14.0 Å². The van der Waals surface area contributed by atoms with Crippen molar-refractivity contribution in [1.29, 1.82) is 0 Å². The van der Waals surface area contributed by atoms with Crippen molar-refractivity contribution in [2.45, 2.75) is 72.4 Å². The molecule has 3 unspecified atom stereocenters. The van der Waals surface area contributed by atoms with Crippen molar-refractivity contribution in [3.63, 3.8) is 0 Å². The minimum absolute atomic E-state index is 0.0237. The summed E-state index contributed by atoms with van der Waals surface area (Å²) in [6.45, 7) is 11.7. The average Bonchev–Trinajstić information content (AvgIpc) is 3.11. The largest absolute Gasteiger partial charge is 0.380 e. The van der Waals surface area contributed by atoms with Gasteiger partial charge in [-0.1, -0.05) is 20.8 Å². The van der Waals surface area contributed by atoms with Gasteiger partial charge in [-0.25, -0.2) is 0 Å². The lowest BCUT2D eigenvalue weighted by Crippen LogP contribution is -2.39. The number of Topliss-reactive ketones (excluding diaryl/α,β-unsaturated/α-hetero) is 1. The minimum atomic E-state index is -0.114. The summed E-state index contributed by atoms with van der Waals surface area (Å²) in [6, 6.07) is 0.0761. The Morgan fingerprint density at radius 3 is 2.48 bits per heavy atom. The van der Waals surface area contributed by atoms with Gasteiger partial charge < -0.3 is 19.7 Å². The van der Waals surface area contributed by atoms with E-state index >= 15 is 0 Å². The second-order valence-corrected chi connectivity index (χ2v) is 8.48. The van der Waals surface area contributed by atoms with Crippen molar-refractivity contribution in [1.82, 2.24) is 10.2 Å². The summed E-state index contributed by atoms with van der Waals surface area (Å²) in [5.74, 6) is 0.304. The predicted octanol–water partition coefficient (Wildman–Crippen LogP) is 2.42. The molecule has 0 aliphatic carbocycles. The Morgan fingerprint density at radius 1 is 1.21 bits per heavy atom. The number of hydrogen-bond acceptors (Lipinski definition) is 5. The first-order valence-electron chi connectivity index (χ1n) is 10.9. The lowest BCUT2D eigenvalue weighted by molar-refractivity contribution is -0.133. The molecule has 0 spiro atoms. The number of carbonyl (C=O) groups excluding carboxylic acids is 3. The van der Waals surface area contributed by atoms with E-state index in [2.05, 4.69) is 5.32 Å². The topological polar surface area (TPSA) is 84.9 Å². The van der Waals surface area contributed by atoms with Gasteiger partial charge in [-0.05, 0) is 38.5 Å². The fraction of sp³-hybridized carbons (Fsp3) is 0.864. The van der Waals surface area contributed by atoms with Crippen LogP contribution in [0.5, 0.6) is 0 Å². The zero-order valence-electron chi connectivity index (χ0n) is 19.0. The molecule has 7 nitrogen and oxygen atoms in total. The number of nitrogens with one attached hydrogen (secondary N) is 1. The summed E-state index contributed by atoms with van der Waals surface area (Å²) in [6.07, 6.45) is 2.39. The van der Waals surface area contributed by atoms with Crippen LogP contribution in [0.2, 0.25) is 0 Å².